The van der Waals surface area contributed by atoms with Crippen LogP contribution in [0.25, 0.3) is 0 Å². The van der Waals surface area contributed by atoms with Crippen LogP contribution in [0.15, 0.2) is 0 Å². The fraction of sp³-hybridized carbons (Fsp3) is 0.867. The van der Waals surface area contributed by atoms with Crippen LogP contribution in [0.2, 0.25) is 0 Å². The van der Waals surface area contributed by atoms with E-state index in [0.29, 0.717) is 19.6 Å². The number of likely N-dealkylation sites (N-methyl/N-ethyl adjacent to an activating group) is 1. The highest BCUT2D eigenvalue weighted by atomic mass is 32.2. The monoisotopic (exact) mass is 374 g/mol. The SMILES string of the molecule is CCN1CCN(C(=O)[C@H]2CN(S(C)(=O)=O)C[C@@]23OCCNC3=O)CC1. The summed E-state index contributed by atoms with van der Waals surface area (Å²) in [6.07, 6.45) is 1.09. The van der Waals surface area contributed by atoms with E-state index in [9.17, 15) is 18.0 Å². The van der Waals surface area contributed by atoms with Gasteiger partial charge in [0.1, 0.15) is 0 Å². The molecule has 3 rings (SSSR count). The van der Waals surface area contributed by atoms with Crippen LogP contribution in [0.4, 0.5) is 0 Å². The van der Waals surface area contributed by atoms with Crippen molar-refractivity contribution in [3.63, 3.8) is 0 Å². The van der Waals surface area contributed by atoms with Gasteiger partial charge in [-0.3, -0.25) is 9.59 Å². The third-order valence-electron chi connectivity index (χ3n) is 5.39. The van der Waals surface area contributed by atoms with Gasteiger partial charge in [-0.2, -0.15) is 4.31 Å². The lowest BCUT2D eigenvalue weighted by Crippen LogP contribution is -2.63. The van der Waals surface area contributed by atoms with Gasteiger partial charge in [0, 0.05) is 39.3 Å². The second-order valence-electron chi connectivity index (χ2n) is 6.86. The average molecular weight is 374 g/mol. The van der Waals surface area contributed by atoms with E-state index in [1.54, 1.807) is 4.90 Å². The zero-order chi connectivity index (χ0) is 18.2. The second-order valence-corrected chi connectivity index (χ2v) is 8.84. The summed E-state index contributed by atoms with van der Waals surface area (Å²) in [5, 5.41) is 2.73. The lowest BCUT2D eigenvalue weighted by molar-refractivity contribution is -0.167. The normalized spacial score (nSPS) is 32.2. The molecule has 0 aromatic heterocycles. The number of sulfonamides is 1. The van der Waals surface area contributed by atoms with Crippen molar-refractivity contribution in [1.82, 2.24) is 19.4 Å². The summed E-state index contributed by atoms with van der Waals surface area (Å²) < 4.78 is 30.9. The smallest absolute Gasteiger partial charge is 0.254 e. The Bertz CT molecular complexity index is 646. The number of amides is 2. The number of carbonyl (C=O) groups excluding carboxylic acids is 2. The number of piperazine rings is 1. The van der Waals surface area contributed by atoms with Crippen LogP contribution in [0.5, 0.6) is 0 Å². The Morgan fingerprint density at radius 2 is 2.00 bits per heavy atom. The minimum Gasteiger partial charge on any atom is -0.361 e. The van der Waals surface area contributed by atoms with E-state index in [1.807, 2.05) is 0 Å². The van der Waals surface area contributed by atoms with Crippen molar-refractivity contribution in [1.29, 1.82) is 0 Å². The minimum absolute atomic E-state index is 0.0148. The molecule has 1 N–H and O–H groups in total. The molecule has 1 spiro atoms. The molecule has 3 saturated heterocycles. The predicted molar refractivity (Wildman–Crippen MR) is 90.3 cm³/mol. The Morgan fingerprint density at radius 3 is 2.56 bits per heavy atom. The number of ether oxygens (including phenoxy) is 1. The maximum atomic E-state index is 13.1. The molecule has 3 heterocycles. The van der Waals surface area contributed by atoms with Gasteiger partial charge < -0.3 is 19.9 Å². The Labute approximate surface area is 148 Å². The molecule has 0 unspecified atom stereocenters. The first kappa shape index (κ1) is 18.6. The van der Waals surface area contributed by atoms with Crippen LogP contribution in [0.1, 0.15) is 6.92 Å². The van der Waals surface area contributed by atoms with Crippen LogP contribution >= 0.6 is 0 Å². The summed E-state index contributed by atoms with van der Waals surface area (Å²) in [5.74, 6) is -1.40. The topological polar surface area (TPSA) is 99.3 Å². The van der Waals surface area contributed by atoms with E-state index in [0.717, 1.165) is 25.9 Å². The maximum absolute atomic E-state index is 13.1. The highest BCUT2D eigenvalue weighted by Crippen LogP contribution is 2.36. The van der Waals surface area contributed by atoms with Gasteiger partial charge in [-0.05, 0) is 6.54 Å². The Kier molecular flexibility index (Phi) is 5.06. The molecule has 9 nitrogen and oxygen atoms in total. The maximum Gasteiger partial charge on any atom is 0.254 e. The van der Waals surface area contributed by atoms with Gasteiger partial charge in [0.25, 0.3) is 5.91 Å². The van der Waals surface area contributed by atoms with Crippen LogP contribution in [0.3, 0.4) is 0 Å². The third-order valence-corrected chi connectivity index (χ3v) is 6.61. The van der Waals surface area contributed by atoms with Crippen LogP contribution in [-0.4, -0.2) is 105 Å². The number of rotatable bonds is 3. The molecule has 0 aromatic carbocycles. The number of nitrogens with one attached hydrogen (secondary N) is 1. The van der Waals surface area contributed by atoms with Gasteiger partial charge in [-0.1, -0.05) is 6.92 Å². The van der Waals surface area contributed by atoms with Gasteiger partial charge in [-0.15, -0.1) is 0 Å². The van der Waals surface area contributed by atoms with E-state index < -0.39 is 27.4 Å². The van der Waals surface area contributed by atoms with Crippen molar-refractivity contribution in [3.8, 4) is 0 Å². The molecule has 142 valence electrons. The summed E-state index contributed by atoms with van der Waals surface area (Å²) >= 11 is 0. The van der Waals surface area contributed by atoms with Crippen molar-refractivity contribution in [3.05, 3.63) is 0 Å². The largest absolute Gasteiger partial charge is 0.361 e. The molecule has 0 saturated carbocycles. The van der Waals surface area contributed by atoms with Gasteiger partial charge in [0.05, 0.1) is 25.3 Å². The summed E-state index contributed by atoms with van der Waals surface area (Å²) in [5.41, 5.74) is -1.42. The molecule has 0 aromatic rings. The molecule has 3 aliphatic rings. The van der Waals surface area contributed by atoms with Crippen molar-refractivity contribution in [2.75, 3.05) is 65.2 Å². The molecule has 0 bridgehead atoms. The van der Waals surface area contributed by atoms with Gasteiger partial charge in [0.15, 0.2) is 5.60 Å². The van der Waals surface area contributed by atoms with Crippen LogP contribution < -0.4 is 5.32 Å². The van der Waals surface area contributed by atoms with Crippen molar-refractivity contribution in [2.24, 2.45) is 5.92 Å². The van der Waals surface area contributed by atoms with Crippen molar-refractivity contribution < 1.29 is 22.7 Å². The molecule has 10 heteroatoms. The highest BCUT2D eigenvalue weighted by molar-refractivity contribution is 7.88. The van der Waals surface area contributed by atoms with E-state index in [2.05, 4.69) is 17.1 Å². The Hall–Kier alpha value is -1.23. The number of hydrogen-bond donors (Lipinski definition) is 1. The number of carbonyl (C=O) groups is 2. The molecule has 2 atom stereocenters. The zero-order valence-corrected chi connectivity index (χ0v) is 15.5. The summed E-state index contributed by atoms with van der Waals surface area (Å²) in [6.45, 7) is 6.26. The molecule has 2 amide bonds. The molecule has 3 fully saturated rings. The summed E-state index contributed by atoms with van der Waals surface area (Å²) in [6, 6.07) is 0. The standard InChI is InChI=1S/C15H26N4O5S/c1-3-17-5-7-18(8-6-17)13(20)12-10-19(25(2,22)23)11-15(12)14(21)16-4-9-24-15/h12H,3-11H2,1-2H3,(H,16,21)/t12-,15-/m1/s1. The predicted octanol–water partition coefficient (Wildman–Crippen LogP) is -2.07. The van der Waals surface area contributed by atoms with Gasteiger partial charge in [0.2, 0.25) is 15.9 Å². The lowest BCUT2D eigenvalue weighted by Gasteiger charge is -2.40. The van der Waals surface area contributed by atoms with E-state index in [-0.39, 0.29) is 25.6 Å². The first-order valence-electron chi connectivity index (χ1n) is 8.66. The summed E-state index contributed by atoms with van der Waals surface area (Å²) in [7, 11) is -3.52. The molecule has 0 radical (unpaired) electrons. The van der Waals surface area contributed by atoms with Gasteiger partial charge >= 0.3 is 0 Å². The molecular formula is C15H26N4O5S. The lowest BCUT2D eigenvalue weighted by atomic mass is 9.87. The molecular weight excluding hydrogens is 348 g/mol. The first-order valence-corrected chi connectivity index (χ1v) is 10.5. The Balaban J connectivity index is 1.83. The summed E-state index contributed by atoms with van der Waals surface area (Å²) in [4.78, 5) is 29.6. The molecule has 3 aliphatic heterocycles. The quantitative estimate of drug-likeness (QED) is 0.609. The number of morpholine rings is 1. The Morgan fingerprint density at radius 1 is 1.32 bits per heavy atom. The van der Waals surface area contributed by atoms with E-state index in [4.69, 9.17) is 4.74 Å². The van der Waals surface area contributed by atoms with Crippen molar-refractivity contribution >= 4 is 21.8 Å². The average Bonchev–Trinajstić information content (AvgIpc) is 2.98. The van der Waals surface area contributed by atoms with E-state index in [1.165, 1.54) is 4.31 Å². The number of hydrogen-bond acceptors (Lipinski definition) is 6. The number of nitrogens with zero attached hydrogens (tertiary/aromatic N) is 3. The van der Waals surface area contributed by atoms with E-state index >= 15 is 0 Å². The fourth-order valence-electron chi connectivity index (χ4n) is 3.81. The molecule has 25 heavy (non-hydrogen) atoms. The van der Waals surface area contributed by atoms with Crippen LogP contribution in [-0.2, 0) is 24.3 Å². The first-order chi connectivity index (χ1) is 11.8. The zero-order valence-electron chi connectivity index (χ0n) is 14.7. The minimum atomic E-state index is -3.52. The molecule has 0 aliphatic carbocycles. The fourth-order valence-corrected chi connectivity index (χ4v) is 4.66. The van der Waals surface area contributed by atoms with Crippen LogP contribution in [0, 0.1) is 5.92 Å². The highest BCUT2D eigenvalue weighted by Gasteiger charge is 2.60. The van der Waals surface area contributed by atoms with Gasteiger partial charge in [-0.25, -0.2) is 8.42 Å². The second kappa shape index (κ2) is 6.82. The van der Waals surface area contributed by atoms with Crippen molar-refractivity contribution in [2.45, 2.75) is 12.5 Å². The third kappa shape index (κ3) is 3.40.